The number of carbonyl (C=O) groups excluding carboxylic acids is 1. The highest BCUT2D eigenvalue weighted by Crippen LogP contribution is 2.35. The Labute approximate surface area is 151 Å². The van der Waals surface area contributed by atoms with Gasteiger partial charge in [-0.05, 0) is 35.9 Å². The molecule has 130 valence electrons. The molecule has 0 radical (unpaired) electrons. The molecule has 0 unspecified atom stereocenters. The zero-order valence-electron chi connectivity index (χ0n) is 14.3. The predicted molar refractivity (Wildman–Crippen MR) is 97.4 cm³/mol. The molecule has 1 aliphatic rings. The summed E-state index contributed by atoms with van der Waals surface area (Å²) in [5.41, 5.74) is 2.73. The first-order chi connectivity index (χ1) is 12.0. The smallest absolute Gasteiger partial charge is 0.240 e. The molecular weight excluding hydrogens is 340 g/mol. The van der Waals surface area contributed by atoms with E-state index < -0.39 is 0 Å². The molecule has 0 N–H and O–H groups in total. The number of methoxy groups -OCH3 is 2. The van der Waals surface area contributed by atoms with Gasteiger partial charge in [-0.15, -0.1) is 0 Å². The Morgan fingerprint density at radius 1 is 1.12 bits per heavy atom. The molecule has 1 heterocycles. The van der Waals surface area contributed by atoms with E-state index >= 15 is 0 Å². The van der Waals surface area contributed by atoms with Crippen molar-refractivity contribution in [3.05, 3.63) is 58.6 Å². The van der Waals surface area contributed by atoms with Crippen LogP contribution in [-0.2, 0) is 4.79 Å². The average Bonchev–Trinajstić information content (AvgIpc) is 3.07. The number of hydrazone groups is 1. The largest absolute Gasteiger partial charge is 0.493 e. The zero-order valence-corrected chi connectivity index (χ0v) is 15.1. The van der Waals surface area contributed by atoms with Crippen LogP contribution in [-0.4, -0.2) is 30.8 Å². The second-order valence-electron chi connectivity index (χ2n) is 5.75. The highest BCUT2D eigenvalue weighted by atomic mass is 35.5. The first-order valence-electron chi connectivity index (χ1n) is 7.88. The number of amides is 1. The molecule has 5 nitrogen and oxygen atoms in total. The molecule has 0 spiro atoms. The maximum Gasteiger partial charge on any atom is 0.240 e. The molecule has 1 aliphatic heterocycles. The van der Waals surface area contributed by atoms with Gasteiger partial charge in [0.05, 0.1) is 26.0 Å². The number of hydrogen-bond donors (Lipinski definition) is 0. The summed E-state index contributed by atoms with van der Waals surface area (Å²) in [5.74, 6) is 1.19. The molecule has 0 fully saturated rings. The van der Waals surface area contributed by atoms with Gasteiger partial charge in [-0.3, -0.25) is 4.79 Å². The van der Waals surface area contributed by atoms with Crippen LogP contribution in [0.2, 0.25) is 5.02 Å². The van der Waals surface area contributed by atoms with Crippen LogP contribution in [0.4, 0.5) is 0 Å². The molecule has 25 heavy (non-hydrogen) atoms. The van der Waals surface area contributed by atoms with Crippen LogP contribution >= 0.6 is 11.6 Å². The van der Waals surface area contributed by atoms with Crippen molar-refractivity contribution in [3.63, 3.8) is 0 Å². The second kappa shape index (κ2) is 7.15. The number of nitrogens with zero attached hydrogens (tertiary/aromatic N) is 2. The number of hydrogen-bond acceptors (Lipinski definition) is 4. The van der Waals surface area contributed by atoms with Gasteiger partial charge in [0.25, 0.3) is 0 Å². The van der Waals surface area contributed by atoms with Crippen LogP contribution in [0.25, 0.3) is 0 Å². The van der Waals surface area contributed by atoms with Gasteiger partial charge >= 0.3 is 0 Å². The van der Waals surface area contributed by atoms with E-state index in [1.165, 1.54) is 11.9 Å². The summed E-state index contributed by atoms with van der Waals surface area (Å²) in [5, 5.41) is 6.73. The molecule has 6 heteroatoms. The Morgan fingerprint density at radius 2 is 1.80 bits per heavy atom. The predicted octanol–water partition coefficient (Wildman–Crippen LogP) is 4.05. The summed E-state index contributed by atoms with van der Waals surface area (Å²) >= 11 is 5.97. The zero-order chi connectivity index (χ0) is 18.0. The molecule has 2 aromatic carbocycles. The molecule has 0 saturated heterocycles. The van der Waals surface area contributed by atoms with Crippen LogP contribution in [0, 0.1) is 0 Å². The number of halogens is 1. The molecular formula is C19H19ClN2O3. The van der Waals surface area contributed by atoms with Gasteiger partial charge in [0, 0.05) is 23.9 Å². The fourth-order valence-electron chi connectivity index (χ4n) is 2.94. The molecule has 1 amide bonds. The second-order valence-corrected chi connectivity index (χ2v) is 6.19. The van der Waals surface area contributed by atoms with E-state index in [0.717, 1.165) is 16.8 Å². The number of ether oxygens (including phenoxy) is 2. The minimum Gasteiger partial charge on any atom is -0.493 e. The van der Waals surface area contributed by atoms with Crippen LogP contribution in [0.1, 0.15) is 30.5 Å². The van der Waals surface area contributed by atoms with Crippen LogP contribution < -0.4 is 9.47 Å². The topological polar surface area (TPSA) is 51.1 Å². The van der Waals surface area contributed by atoms with Crippen molar-refractivity contribution < 1.29 is 14.3 Å². The lowest BCUT2D eigenvalue weighted by Crippen LogP contribution is -2.24. The summed E-state index contributed by atoms with van der Waals surface area (Å²) in [7, 11) is 3.19. The van der Waals surface area contributed by atoms with Crippen LogP contribution in [0.5, 0.6) is 11.5 Å². The first-order valence-corrected chi connectivity index (χ1v) is 8.26. The van der Waals surface area contributed by atoms with Crippen molar-refractivity contribution >= 4 is 23.2 Å². The molecule has 1 atom stereocenters. The standard InChI is InChI=1S/C19H19ClN2O3/c1-12(23)22-17(13-4-7-15(20)8-5-13)11-16(21-22)14-6-9-18(24-2)19(10-14)25-3/h4-10,17H,11H2,1-3H3/t17-/m0/s1. The summed E-state index contributed by atoms with van der Waals surface area (Å²) in [6, 6.07) is 13.0. The fraction of sp³-hybridized carbons (Fsp3) is 0.263. The normalized spacial score (nSPS) is 16.6. The van der Waals surface area contributed by atoms with E-state index in [9.17, 15) is 4.79 Å². The first kappa shape index (κ1) is 17.3. The fourth-order valence-corrected chi connectivity index (χ4v) is 3.06. The molecule has 0 aromatic heterocycles. The summed E-state index contributed by atoms with van der Waals surface area (Å²) in [6.07, 6.45) is 0.622. The average molecular weight is 359 g/mol. The lowest BCUT2D eigenvalue weighted by molar-refractivity contribution is -0.130. The quantitative estimate of drug-likeness (QED) is 0.828. The van der Waals surface area contributed by atoms with Gasteiger partial charge in [-0.2, -0.15) is 5.10 Å². The maximum atomic E-state index is 12.0. The lowest BCUT2D eigenvalue weighted by atomic mass is 9.98. The van der Waals surface area contributed by atoms with E-state index in [2.05, 4.69) is 5.10 Å². The third-order valence-electron chi connectivity index (χ3n) is 4.20. The SMILES string of the molecule is COc1ccc(C2=NN(C(C)=O)[C@H](c3ccc(Cl)cc3)C2)cc1OC. The number of rotatable bonds is 4. The lowest BCUT2D eigenvalue weighted by Gasteiger charge is -2.20. The van der Waals surface area contributed by atoms with Gasteiger partial charge < -0.3 is 9.47 Å². The molecule has 2 aromatic rings. The van der Waals surface area contributed by atoms with Crippen LogP contribution in [0.15, 0.2) is 47.6 Å². The van der Waals surface area contributed by atoms with Gasteiger partial charge in [-0.1, -0.05) is 23.7 Å². The van der Waals surface area contributed by atoms with Gasteiger partial charge in [0.15, 0.2) is 11.5 Å². The third kappa shape index (κ3) is 3.46. The molecule has 0 aliphatic carbocycles. The Morgan fingerprint density at radius 3 is 2.40 bits per heavy atom. The van der Waals surface area contributed by atoms with E-state index in [0.29, 0.717) is 22.9 Å². The van der Waals surface area contributed by atoms with E-state index in [1.807, 2.05) is 42.5 Å². The highest BCUT2D eigenvalue weighted by Gasteiger charge is 2.31. The van der Waals surface area contributed by atoms with Crippen molar-refractivity contribution in [2.24, 2.45) is 5.10 Å². The van der Waals surface area contributed by atoms with Crippen molar-refractivity contribution in [2.45, 2.75) is 19.4 Å². The third-order valence-corrected chi connectivity index (χ3v) is 4.46. The van der Waals surface area contributed by atoms with Crippen molar-refractivity contribution in [2.75, 3.05) is 14.2 Å². The van der Waals surface area contributed by atoms with E-state index in [1.54, 1.807) is 14.2 Å². The van der Waals surface area contributed by atoms with Crippen molar-refractivity contribution in [1.82, 2.24) is 5.01 Å². The minimum absolute atomic E-state index is 0.101. The van der Waals surface area contributed by atoms with Crippen molar-refractivity contribution in [1.29, 1.82) is 0 Å². The summed E-state index contributed by atoms with van der Waals surface area (Å²) < 4.78 is 10.6. The Kier molecular flexibility index (Phi) is 4.95. The van der Waals surface area contributed by atoms with Gasteiger partial charge in [0.2, 0.25) is 5.91 Å². The van der Waals surface area contributed by atoms with Crippen molar-refractivity contribution in [3.8, 4) is 11.5 Å². The van der Waals surface area contributed by atoms with Gasteiger partial charge in [0.1, 0.15) is 0 Å². The Balaban J connectivity index is 1.94. The number of carbonyl (C=O) groups is 1. The Hall–Kier alpha value is -2.53. The summed E-state index contributed by atoms with van der Waals surface area (Å²) in [6.45, 7) is 1.52. The monoisotopic (exact) mass is 358 g/mol. The number of benzene rings is 2. The molecule has 0 saturated carbocycles. The Bertz CT molecular complexity index is 818. The van der Waals surface area contributed by atoms with Gasteiger partial charge in [-0.25, -0.2) is 5.01 Å². The molecule has 3 rings (SSSR count). The van der Waals surface area contributed by atoms with E-state index in [-0.39, 0.29) is 11.9 Å². The highest BCUT2D eigenvalue weighted by molar-refractivity contribution is 6.30. The molecule has 0 bridgehead atoms. The summed E-state index contributed by atoms with van der Waals surface area (Å²) in [4.78, 5) is 12.0. The maximum absolute atomic E-state index is 12.0. The van der Waals surface area contributed by atoms with E-state index in [4.69, 9.17) is 21.1 Å². The minimum atomic E-state index is -0.141. The van der Waals surface area contributed by atoms with Crippen LogP contribution in [0.3, 0.4) is 0 Å².